The zero-order chi connectivity index (χ0) is 15.1. The molecule has 0 aliphatic carbocycles. The third kappa shape index (κ3) is 2.61. The monoisotopic (exact) mass is 388 g/mol. The summed E-state index contributed by atoms with van der Waals surface area (Å²) in [5.74, 6) is -1.10. The van der Waals surface area contributed by atoms with Gasteiger partial charge in [-0.3, -0.25) is 0 Å². The number of fused-ring (bicyclic) bond motifs is 1. The lowest BCUT2D eigenvalue weighted by atomic mass is 10.2. The van der Waals surface area contributed by atoms with Crippen LogP contribution in [0.4, 0.5) is 8.78 Å². The maximum absolute atomic E-state index is 14.0. The molecule has 0 unspecified atom stereocenters. The molecule has 0 saturated carbocycles. The Morgan fingerprint density at radius 1 is 1.00 bits per heavy atom. The predicted octanol–water partition coefficient (Wildman–Crippen LogP) is 5.64. The molecule has 106 valence electrons. The van der Waals surface area contributed by atoms with Gasteiger partial charge in [0.1, 0.15) is 16.5 Å². The lowest BCUT2D eigenvalue weighted by Gasteiger charge is -2.07. The molecule has 0 radical (unpaired) electrons. The average Bonchev–Trinajstić information content (AvgIpc) is 2.43. The van der Waals surface area contributed by atoms with Crippen LogP contribution in [0.1, 0.15) is 0 Å². The SMILES string of the molecule is Fc1cccc(-c2nc(Cl)c3cc(Br)cc(F)c3n2)c1Cl. The summed E-state index contributed by atoms with van der Waals surface area (Å²) < 4.78 is 28.1. The van der Waals surface area contributed by atoms with E-state index in [4.69, 9.17) is 23.2 Å². The van der Waals surface area contributed by atoms with Gasteiger partial charge in [0.25, 0.3) is 0 Å². The fraction of sp³-hybridized carbons (Fsp3) is 0. The van der Waals surface area contributed by atoms with Crippen molar-refractivity contribution in [2.75, 3.05) is 0 Å². The lowest BCUT2D eigenvalue weighted by Crippen LogP contribution is -1.96. The van der Waals surface area contributed by atoms with E-state index < -0.39 is 11.6 Å². The van der Waals surface area contributed by atoms with Crippen molar-refractivity contribution >= 4 is 50.0 Å². The number of rotatable bonds is 1. The van der Waals surface area contributed by atoms with Crippen molar-refractivity contribution in [1.82, 2.24) is 9.97 Å². The van der Waals surface area contributed by atoms with Crippen LogP contribution < -0.4 is 0 Å². The highest BCUT2D eigenvalue weighted by Gasteiger charge is 2.15. The van der Waals surface area contributed by atoms with Crippen molar-refractivity contribution in [1.29, 1.82) is 0 Å². The van der Waals surface area contributed by atoms with Crippen molar-refractivity contribution in [3.8, 4) is 11.4 Å². The van der Waals surface area contributed by atoms with Crippen LogP contribution in [0.2, 0.25) is 10.2 Å². The summed E-state index contributed by atoms with van der Waals surface area (Å²) in [6.07, 6.45) is 0. The third-order valence-corrected chi connectivity index (χ3v) is 3.99. The molecule has 1 aromatic heterocycles. The van der Waals surface area contributed by atoms with Gasteiger partial charge in [-0.15, -0.1) is 0 Å². The first-order chi connectivity index (χ1) is 9.97. The Balaban J connectivity index is 2.33. The molecule has 0 bridgehead atoms. The Kier molecular flexibility index (Phi) is 3.82. The van der Waals surface area contributed by atoms with E-state index in [1.54, 1.807) is 12.1 Å². The van der Waals surface area contributed by atoms with Gasteiger partial charge in [0.05, 0.1) is 5.02 Å². The predicted molar refractivity (Wildman–Crippen MR) is 82.6 cm³/mol. The number of nitrogens with zero attached hydrogens (tertiary/aromatic N) is 2. The van der Waals surface area contributed by atoms with Crippen LogP contribution in [-0.4, -0.2) is 9.97 Å². The number of benzene rings is 2. The summed E-state index contributed by atoms with van der Waals surface area (Å²) in [5.41, 5.74) is 0.302. The zero-order valence-corrected chi connectivity index (χ0v) is 13.3. The summed E-state index contributed by atoms with van der Waals surface area (Å²) in [6.45, 7) is 0. The summed E-state index contributed by atoms with van der Waals surface area (Å²) in [4.78, 5) is 8.18. The topological polar surface area (TPSA) is 25.8 Å². The van der Waals surface area contributed by atoms with Crippen LogP contribution in [0.3, 0.4) is 0 Å². The van der Waals surface area contributed by atoms with Gasteiger partial charge in [0.2, 0.25) is 0 Å². The average molecular weight is 390 g/mol. The summed E-state index contributed by atoms with van der Waals surface area (Å²) in [5, 5.41) is 0.292. The van der Waals surface area contributed by atoms with Gasteiger partial charge in [-0.25, -0.2) is 18.7 Å². The molecule has 0 saturated heterocycles. The van der Waals surface area contributed by atoms with Crippen LogP contribution in [0.5, 0.6) is 0 Å². The van der Waals surface area contributed by atoms with E-state index in [-0.39, 0.29) is 27.1 Å². The van der Waals surface area contributed by atoms with Crippen molar-refractivity contribution in [3.05, 3.63) is 56.6 Å². The molecule has 7 heteroatoms. The molecule has 0 amide bonds. The minimum atomic E-state index is -0.606. The number of halogens is 5. The second-order valence-electron chi connectivity index (χ2n) is 4.22. The molecule has 2 aromatic carbocycles. The van der Waals surface area contributed by atoms with E-state index in [0.29, 0.717) is 9.86 Å². The van der Waals surface area contributed by atoms with Gasteiger partial charge < -0.3 is 0 Å². The molecule has 3 aromatic rings. The van der Waals surface area contributed by atoms with E-state index >= 15 is 0 Å². The fourth-order valence-corrected chi connectivity index (χ4v) is 2.78. The molecule has 0 aliphatic rings. The van der Waals surface area contributed by atoms with E-state index in [2.05, 4.69) is 25.9 Å². The Morgan fingerprint density at radius 3 is 2.52 bits per heavy atom. The zero-order valence-electron chi connectivity index (χ0n) is 10.2. The van der Waals surface area contributed by atoms with Crippen LogP contribution in [0.25, 0.3) is 22.3 Å². The summed E-state index contributed by atoms with van der Waals surface area (Å²) >= 11 is 15.1. The Morgan fingerprint density at radius 2 is 1.76 bits per heavy atom. The van der Waals surface area contributed by atoms with Crippen LogP contribution >= 0.6 is 39.1 Å². The minimum Gasteiger partial charge on any atom is -0.225 e. The first kappa shape index (κ1) is 14.6. The summed E-state index contributed by atoms with van der Waals surface area (Å²) in [7, 11) is 0. The normalized spacial score (nSPS) is 11.1. The maximum atomic E-state index is 14.0. The van der Waals surface area contributed by atoms with Gasteiger partial charge in [0.15, 0.2) is 11.6 Å². The molecule has 1 heterocycles. The van der Waals surface area contributed by atoms with Crippen molar-refractivity contribution in [2.45, 2.75) is 0 Å². The number of hydrogen-bond donors (Lipinski definition) is 0. The fourth-order valence-electron chi connectivity index (χ4n) is 1.92. The molecule has 21 heavy (non-hydrogen) atoms. The summed E-state index contributed by atoms with van der Waals surface area (Å²) in [6, 6.07) is 7.10. The quantitative estimate of drug-likeness (QED) is 0.503. The molecule has 0 N–H and O–H groups in total. The molecule has 0 aliphatic heterocycles. The molecule has 0 fully saturated rings. The highest BCUT2D eigenvalue weighted by molar-refractivity contribution is 9.10. The van der Waals surface area contributed by atoms with E-state index in [1.165, 1.54) is 18.2 Å². The van der Waals surface area contributed by atoms with Gasteiger partial charge >= 0.3 is 0 Å². The van der Waals surface area contributed by atoms with Gasteiger partial charge in [-0.05, 0) is 24.3 Å². The molecule has 0 atom stereocenters. The lowest BCUT2D eigenvalue weighted by molar-refractivity contribution is 0.628. The molecule has 3 rings (SSSR count). The smallest absolute Gasteiger partial charge is 0.163 e. The van der Waals surface area contributed by atoms with Crippen LogP contribution in [0, 0.1) is 11.6 Å². The second-order valence-corrected chi connectivity index (χ2v) is 5.87. The van der Waals surface area contributed by atoms with Crippen molar-refractivity contribution in [3.63, 3.8) is 0 Å². The largest absolute Gasteiger partial charge is 0.225 e. The Labute approximate surface area is 136 Å². The minimum absolute atomic E-state index is 0.0496. The highest BCUT2D eigenvalue weighted by atomic mass is 79.9. The first-order valence-electron chi connectivity index (χ1n) is 5.74. The van der Waals surface area contributed by atoms with Crippen LogP contribution in [-0.2, 0) is 0 Å². The van der Waals surface area contributed by atoms with E-state index in [1.807, 2.05) is 0 Å². The van der Waals surface area contributed by atoms with Crippen molar-refractivity contribution in [2.24, 2.45) is 0 Å². The Hall–Kier alpha value is -1.30. The van der Waals surface area contributed by atoms with Gasteiger partial charge in [-0.2, -0.15) is 0 Å². The van der Waals surface area contributed by atoms with Gasteiger partial charge in [-0.1, -0.05) is 45.2 Å². The highest BCUT2D eigenvalue weighted by Crippen LogP contribution is 2.32. The van der Waals surface area contributed by atoms with Gasteiger partial charge in [0, 0.05) is 15.4 Å². The van der Waals surface area contributed by atoms with E-state index in [9.17, 15) is 8.78 Å². The third-order valence-electron chi connectivity index (χ3n) is 2.86. The second kappa shape index (κ2) is 5.48. The molecule has 0 spiro atoms. The molecular weight excluding hydrogens is 385 g/mol. The van der Waals surface area contributed by atoms with E-state index in [0.717, 1.165) is 0 Å². The van der Waals surface area contributed by atoms with Crippen LogP contribution in [0.15, 0.2) is 34.8 Å². The number of hydrogen-bond acceptors (Lipinski definition) is 2. The van der Waals surface area contributed by atoms with Crippen molar-refractivity contribution < 1.29 is 8.78 Å². The molecular formula is C14H5BrCl2F2N2. The molecule has 2 nitrogen and oxygen atoms in total. The number of aromatic nitrogens is 2. The maximum Gasteiger partial charge on any atom is 0.163 e. The standard InChI is InChI=1S/C14H5BrCl2F2N2/c15-6-4-8-12(10(19)5-6)20-14(21-13(8)17)7-2-1-3-9(18)11(7)16/h1-5H. The first-order valence-corrected chi connectivity index (χ1v) is 7.29. The Bertz CT molecular complexity index is 871.